The average molecular weight is 361 g/mol. The quantitative estimate of drug-likeness (QED) is 0.862. The molecule has 0 bridgehead atoms. The minimum absolute atomic E-state index is 0.0465. The van der Waals surface area contributed by atoms with Crippen LogP contribution in [0.5, 0.6) is 0 Å². The van der Waals surface area contributed by atoms with E-state index in [4.69, 9.17) is 0 Å². The van der Waals surface area contributed by atoms with Gasteiger partial charge >= 0.3 is 0 Å². The van der Waals surface area contributed by atoms with E-state index in [0.717, 1.165) is 36.6 Å². The lowest BCUT2D eigenvalue weighted by Crippen LogP contribution is -2.48. The van der Waals surface area contributed by atoms with Crippen LogP contribution in [0.2, 0.25) is 0 Å². The van der Waals surface area contributed by atoms with Gasteiger partial charge in [0.05, 0.1) is 10.5 Å². The van der Waals surface area contributed by atoms with E-state index in [1.54, 1.807) is 6.07 Å². The van der Waals surface area contributed by atoms with E-state index in [1.807, 2.05) is 23.9 Å². The number of hydrogen-bond donors (Lipinski definition) is 1. The van der Waals surface area contributed by atoms with Crippen LogP contribution in [0.25, 0.3) is 0 Å². The summed E-state index contributed by atoms with van der Waals surface area (Å²) in [4.78, 5) is 2.35. The summed E-state index contributed by atoms with van der Waals surface area (Å²) >= 11 is 5.26. The van der Waals surface area contributed by atoms with Crippen LogP contribution in [0, 0.1) is 5.82 Å². The summed E-state index contributed by atoms with van der Waals surface area (Å²) in [5, 5.41) is 3.54. The molecule has 2 atom stereocenters. The molecule has 112 valence electrons. The van der Waals surface area contributed by atoms with Gasteiger partial charge in [0.25, 0.3) is 0 Å². The summed E-state index contributed by atoms with van der Waals surface area (Å²) in [5.41, 5.74) is 0.771. The minimum atomic E-state index is -0.134. The second-order valence-corrected chi connectivity index (χ2v) is 7.20. The Labute approximate surface area is 133 Å². The molecule has 1 aliphatic heterocycles. The summed E-state index contributed by atoms with van der Waals surface area (Å²) in [5.74, 6) is 2.07. The Bertz CT molecular complexity index is 444. The van der Waals surface area contributed by atoms with E-state index >= 15 is 0 Å². The van der Waals surface area contributed by atoms with E-state index in [2.05, 4.69) is 40.1 Å². The van der Waals surface area contributed by atoms with Gasteiger partial charge in [0.15, 0.2) is 0 Å². The fourth-order valence-corrected chi connectivity index (χ4v) is 4.22. The summed E-state index contributed by atoms with van der Waals surface area (Å²) in [6.45, 7) is 4.11. The third-order valence-electron chi connectivity index (χ3n) is 3.76. The van der Waals surface area contributed by atoms with Crippen LogP contribution in [-0.2, 0) is 0 Å². The van der Waals surface area contributed by atoms with E-state index in [1.165, 1.54) is 0 Å². The normalized spacial score (nSPS) is 21.9. The van der Waals surface area contributed by atoms with Gasteiger partial charge in [0.2, 0.25) is 0 Å². The average Bonchev–Trinajstić information content (AvgIpc) is 2.45. The largest absolute Gasteiger partial charge is 0.309 e. The van der Waals surface area contributed by atoms with Crippen molar-refractivity contribution in [3.8, 4) is 0 Å². The van der Waals surface area contributed by atoms with Crippen LogP contribution < -0.4 is 5.32 Å². The summed E-state index contributed by atoms with van der Waals surface area (Å²) in [7, 11) is 2.14. The van der Waals surface area contributed by atoms with E-state index < -0.39 is 0 Å². The van der Waals surface area contributed by atoms with Gasteiger partial charge < -0.3 is 5.32 Å². The van der Waals surface area contributed by atoms with Gasteiger partial charge in [0.1, 0.15) is 5.82 Å². The van der Waals surface area contributed by atoms with Gasteiger partial charge in [-0.25, -0.2) is 4.39 Å². The Hall–Kier alpha value is -0.100. The molecular formula is C15H22BrFN2S. The molecule has 0 saturated carbocycles. The molecule has 1 aromatic rings. The minimum Gasteiger partial charge on any atom is -0.309 e. The molecule has 2 nitrogen and oxygen atoms in total. The first-order valence-corrected chi connectivity index (χ1v) is 9.05. The molecule has 1 fully saturated rings. The lowest BCUT2D eigenvalue weighted by atomic mass is 9.98. The smallest absolute Gasteiger partial charge is 0.142 e. The van der Waals surface area contributed by atoms with E-state index in [0.29, 0.717) is 10.5 Å². The fourth-order valence-electron chi connectivity index (χ4n) is 2.57. The zero-order valence-corrected chi connectivity index (χ0v) is 14.4. The second-order valence-electron chi connectivity index (χ2n) is 5.20. The van der Waals surface area contributed by atoms with Crippen molar-refractivity contribution in [2.75, 3.05) is 31.6 Å². The predicted molar refractivity (Wildman–Crippen MR) is 88.9 cm³/mol. The molecule has 1 saturated heterocycles. The van der Waals surface area contributed by atoms with Crippen LogP contribution >= 0.6 is 27.7 Å². The second kappa shape index (κ2) is 7.78. The van der Waals surface area contributed by atoms with Crippen LogP contribution in [0.15, 0.2) is 22.7 Å². The molecule has 1 aliphatic rings. The van der Waals surface area contributed by atoms with Gasteiger partial charge in [-0.2, -0.15) is 11.8 Å². The summed E-state index contributed by atoms with van der Waals surface area (Å²) in [6, 6.07) is 5.96. The molecule has 2 rings (SSSR count). The van der Waals surface area contributed by atoms with E-state index in [9.17, 15) is 4.39 Å². The zero-order valence-electron chi connectivity index (χ0n) is 12.0. The SMILES string of the molecule is CCCNC(c1cccc(Br)c1F)C1CSCCN1C. The summed E-state index contributed by atoms with van der Waals surface area (Å²) < 4.78 is 15.0. The number of hydrogen-bond acceptors (Lipinski definition) is 3. The zero-order chi connectivity index (χ0) is 14.5. The third kappa shape index (κ3) is 3.75. The van der Waals surface area contributed by atoms with Crippen LogP contribution in [0.3, 0.4) is 0 Å². The van der Waals surface area contributed by atoms with Crippen molar-refractivity contribution in [3.05, 3.63) is 34.1 Å². The van der Waals surface area contributed by atoms with Crippen molar-refractivity contribution >= 4 is 27.7 Å². The maximum Gasteiger partial charge on any atom is 0.142 e. The van der Waals surface area contributed by atoms with Gasteiger partial charge in [-0.05, 0) is 42.0 Å². The molecule has 0 spiro atoms. The molecule has 0 aromatic heterocycles. The Morgan fingerprint density at radius 1 is 1.55 bits per heavy atom. The highest BCUT2D eigenvalue weighted by atomic mass is 79.9. The van der Waals surface area contributed by atoms with E-state index in [-0.39, 0.29) is 11.9 Å². The lowest BCUT2D eigenvalue weighted by molar-refractivity contribution is 0.213. The van der Waals surface area contributed by atoms with Crippen molar-refractivity contribution in [2.24, 2.45) is 0 Å². The topological polar surface area (TPSA) is 15.3 Å². The number of nitrogens with one attached hydrogen (secondary N) is 1. The first-order valence-electron chi connectivity index (χ1n) is 7.10. The maximum absolute atomic E-state index is 14.4. The number of thioether (sulfide) groups is 1. The number of benzene rings is 1. The molecule has 0 radical (unpaired) electrons. The number of rotatable bonds is 5. The Morgan fingerprint density at radius 2 is 2.35 bits per heavy atom. The van der Waals surface area contributed by atoms with Gasteiger partial charge in [-0.3, -0.25) is 4.90 Å². The molecule has 5 heteroatoms. The van der Waals surface area contributed by atoms with Crippen molar-refractivity contribution in [1.82, 2.24) is 10.2 Å². The maximum atomic E-state index is 14.4. The predicted octanol–water partition coefficient (Wildman–Crippen LogP) is 3.68. The van der Waals surface area contributed by atoms with Gasteiger partial charge in [0, 0.05) is 29.7 Å². The fraction of sp³-hybridized carbons (Fsp3) is 0.600. The Balaban J connectivity index is 2.28. The number of nitrogens with zero attached hydrogens (tertiary/aromatic N) is 1. The Kier molecular flexibility index (Phi) is 6.33. The molecule has 1 heterocycles. The number of likely N-dealkylation sites (N-methyl/N-ethyl adjacent to an activating group) is 1. The molecular weight excluding hydrogens is 339 g/mol. The first kappa shape index (κ1) is 16.3. The lowest BCUT2D eigenvalue weighted by Gasteiger charge is -2.38. The molecule has 20 heavy (non-hydrogen) atoms. The Morgan fingerprint density at radius 3 is 3.05 bits per heavy atom. The standard InChI is InChI=1S/C15H22BrFN2S/c1-3-7-18-15(13-10-20-9-8-19(13)2)11-5-4-6-12(16)14(11)17/h4-6,13,15,18H,3,7-10H2,1-2H3. The van der Waals surface area contributed by atoms with Crippen molar-refractivity contribution in [3.63, 3.8) is 0 Å². The molecule has 0 aliphatic carbocycles. The molecule has 1 N–H and O–H groups in total. The van der Waals surface area contributed by atoms with Crippen molar-refractivity contribution in [1.29, 1.82) is 0 Å². The van der Waals surface area contributed by atoms with Gasteiger partial charge in [-0.1, -0.05) is 19.1 Å². The van der Waals surface area contributed by atoms with Gasteiger partial charge in [-0.15, -0.1) is 0 Å². The monoisotopic (exact) mass is 360 g/mol. The highest BCUT2D eigenvalue weighted by Gasteiger charge is 2.30. The van der Waals surface area contributed by atoms with Crippen LogP contribution in [0.4, 0.5) is 4.39 Å². The first-order chi connectivity index (χ1) is 9.65. The summed E-state index contributed by atoms with van der Waals surface area (Å²) in [6.07, 6.45) is 1.05. The van der Waals surface area contributed by atoms with Crippen molar-refractivity contribution in [2.45, 2.75) is 25.4 Å². The third-order valence-corrected chi connectivity index (χ3v) is 5.42. The number of halogens is 2. The molecule has 0 amide bonds. The molecule has 2 unspecified atom stereocenters. The molecule has 1 aromatic carbocycles. The highest BCUT2D eigenvalue weighted by molar-refractivity contribution is 9.10. The highest BCUT2D eigenvalue weighted by Crippen LogP contribution is 2.30. The van der Waals surface area contributed by atoms with Crippen LogP contribution in [-0.4, -0.2) is 42.6 Å². The van der Waals surface area contributed by atoms with Crippen LogP contribution in [0.1, 0.15) is 24.9 Å². The van der Waals surface area contributed by atoms with Crippen molar-refractivity contribution < 1.29 is 4.39 Å².